The van der Waals surface area contributed by atoms with Crippen LogP contribution in [0, 0.1) is 0 Å². The lowest BCUT2D eigenvalue weighted by Crippen LogP contribution is -2.18. The monoisotopic (exact) mass is 268 g/mol. The second kappa shape index (κ2) is 5.60. The van der Waals surface area contributed by atoms with E-state index >= 15 is 0 Å². The Morgan fingerprint density at radius 1 is 1.29 bits per heavy atom. The van der Waals surface area contributed by atoms with Crippen molar-refractivity contribution in [3.8, 4) is 0 Å². The lowest BCUT2D eigenvalue weighted by Gasteiger charge is -2.13. The first-order chi connectivity index (χ1) is 6.16. The maximum Gasteiger partial charge on any atom is 0.397 e. The molecular weight excluding hydrogens is 258 g/mol. The third-order valence-corrected chi connectivity index (χ3v) is 7.09. The van der Waals surface area contributed by atoms with Gasteiger partial charge < -0.3 is 24.9 Å². The Morgan fingerprint density at radius 3 is 2.14 bits per heavy atom. The van der Waals surface area contributed by atoms with Gasteiger partial charge in [0.1, 0.15) is 6.10 Å². The fraction of sp³-hybridized carbons (Fsp3) is 1.00. The van der Waals surface area contributed by atoms with Gasteiger partial charge in [0.15, 0.2) is 0 Å². The summed E-state index contributed by atoms with van der Waals surface area (Å²) in [6, 6.07) is 0. The van der Waals surface area contributed by atoms with Gasteiger partial charge in [0.2, 0.25) is 0 Å². The lowest BCUT2D eigenvalue weighted by molar-refractivity contribution is 0.0517. The van der Waals surface area contributed by atoms with Crippen molar-refractivity contribution in [2.75, 3.05) is 13.2 Å². The van der Waals surface area contributed by atoms with Gasteiger partial charge >= 0.3 is 13.6 Å². The average Bonchev–Trinajstić information content (AvgIpc) is 1.96. The highest BCUT2D eigenvalue weighted by atomic mass is 33.1. The third kappa shape index (κ3) is 7.93. The Morgan fingerprint density at radius 2 is 1.79 bits per heavy atom. The molecule has 0 rings (SSSR count). The summed E-state index contributed by atoms with van der Waals surface area (Å²) in [7, 11) is 0. The standard InChI is InChI=1S/C3H10O8P2S/c4-1-3(5)2-11-13(9,10)14-12(6,7)8/h3-5H,1-2H2,(H,9,10)(H2,6,7,8)/t3-/m0/s1. The summed E-state index contributed by atoms with van der Waals surface area (Å²) in [6.45, 7) is -10.6. The van der Waals surface area contributed by atoms with Gasteiger partial charge in [0, 0.05) is 0 Å². The number of aliphatic hydroxyl groups excluding tert-OH is 2. The van der Waals surface area contributed by atoms with Crippen LogP contribution in [0.1, 0.15) is 0 Å². The van der Waals surface area contributed by atoms with Gasteiger partial charge in [-0.25, -0.2) is 9.13 Å². The second-order valence-electron chi connectivity index (χ2n) is 2.17. The van der Waals surface area contributed by atoms with Crippen LogP contribution in [0.15, 0.2) is 0 Å². The van der Waals surface area contributed by atoms with E-state index in [1.807, 2.05) is 0 Å². The fourth-order valence-electron chi connectivity index (χ4n) is 0.391. The van der Waals surface area contributed by atoms with Gasteiger partial charge in [-0.3, -0.25) is 4.52 Å². The number of rotatable bonds is 6. The molecule has 0 aromatic carbocycles. The van der Waals surface area contributed by atoms with Crippen LogP contribution in [0.4, 0.5) is 0 Å². The molecule has 0 heterocycles. The van der Waals surface area contributed by atoms with E-state index in [0.717, 1.165) is 0 Å². The normalized spacial score (nSPS) is 18.9. The zero-order valence-corrected chi connectivity index (χ0v) is 9.36. The molecule has 0 saturated heterocycles. The molecule has 0 amide bonds. The molecule has 14 heavy (non-hydrogen) atoms. The van der Waals surface area contributed by atoms with Gasteiger partial charge in [-0.05, 0) is 0 Å². The maximum absolute atomic E-state index is 10.9. The number of hydrogen-bond donors (Lipinski definition) is 5. The summed E-state index contributed by atoms with van der Waals surface area (Å²) in [5.74, 6) is 0. The Labute approximate surface area is 83.1 Å². The molecule has 86 valence electrons. The minimum Gasteiger partial charge on any atom is -0.394 e. The molecule has 0 aliphatic carbocycles. The van der Waals surface area contributed by atoms with Crippen LogP contribution in [0.25, 0.3) is 0 Å². The molecule has 0 saturated carbocycles. The van der Waals surface area contributed by atoms with Crippen LogP contribution in [-0.4, -0.2) is 44.2 Å². The van der Waals surface area contributed by atoms with Gasteiger partial charge in [0.25, 0.3) is 0 Å². The van der Waals surface area contributed by atoms with Crippen LogP contribution in [-0.2, 0) is 13.7 Å². The van der Waals surface area contributed by atoms with E-state index in [1.165, 1.54) is 0 Å². The summed E-state index contributed by atoms with van der Waals surface area (Å²) in [4.78, 5) is 25.5. The molecule has 0 aromatic rings. The lowest BCUT2D eigenvalue weighted by atomic mass is 10.4. The molecule has 0 aliphatic heterocycles. The SMILES string of the molecule is O=P(O)(O)SP(=O)(O)OC[C@@H](O)CO. The second-order valence-corrected chi connectivity index (χ2v) is 9.28. The average molecular weight is 268 g/mol. The topological polar surface area (TPSA) is 145 Å². The van der Waals surface area contributed by atoms with Crippen molar-refractivity contribution < 1.29 is 38.5 Å². The Balaban J connectivity index is 4.09. The quantitative estimate of drug-likeness (QED) is 0.394. The first-order valence-electron chi connectivity index (χ1n) is 3.19. The summed E-state index contributed by atoms with van der Waals surface area (Å²) in [5, 5.41) is 17.0. The Hall–Kier alpha value is 0.570. The predicted octanol–water partition coefficient (Wildman–Crippen LogP) is -0.718. The van der Waals surface area contributed by atoms with Crippen molar-refractivity contribution in [2.45, 2.75) is 6.10 Å². The Kier molecular flexibility index (Phi) is 5.83. The molecular formula is C3H10O8P2S. The van der Waals surface area contributed by atoms with Gasteiger partial charge in [0.05, 0.1) is 24.2 Å². The van der Waals surface area contributed by atoms with Crippen molar-refractivity contribution in [3.63, 3.8) is 0 Å². The molecule has 0 spiro atoms. The molecule has 8 nitrogen and oxygen atoms in total. The third-order valence-electron chi connectivity index (χ3n) is 0.850. The fourth-order valence-corrected chi connectivity index (χ4v) is 5.04. The van der Waals surface area contributed by atoms with Crippen LogP contribution < -0.4 is 0 Å². The van der Waals surface area contributed by atoms with Gasteiger partial charge in [-0.15, -0.1) is 0 Å². The summed E-state index contributed by atoms with van der Waals surface area (Å²) >= 11 is -0.526. The highest BCUT2D eigenvalue weighted by Crippen LogP contribution is 2.72. The predicted molar refractivity (Wildman–Crippen MR) is 48.5 cm³/mol. The van der Waals surface area contributed by atoms with E-state index in [1.54, 1.807) is 0 Å². The van der Waals surface area contributed by atoms with E-state index in [0.29, 0.717) is 0 Å². The van der Waals surface area contributed by atoms with Gasteiger partial charge in [-0.1, -0.05) is 0 Å². The first kappa shape index (κ1) is 14.6. The minimum absolute atomic E-state index is 0.526. The van der Waals surface area contributed by atoms with Crippen LogP contribution >= 0.6 is 24.6 Å². The van der Waals surface area contributed by atoms with Crippen molar-refractivity contribution in [3.05, 3.63) is 0 Å². The maximum atomic E-state index is 10.9. The van der Waals surface area contributed by atoms with E-state index in [-0.39, 0.29) is 0 Å². The van der Waals surface area contributed by atoms with E-state index in [9.17, 15) is 9.13 Å². The van der Waals surface area contributed by atoms with E-state index < -0.39 is 43.9 Å². The zero-order chi connectivity index (χ0) is 11.4. The van der Waals surface area contributed by atoms with Crippen molar-refractivity contribution in [1.82, 2.24) is 0 Å². The molecule has 1 unspecified atom stereocenters. The summed E-state index contributed by atoms with van der Waals surface area (Å²) in [5.41, 5.74) is 0. The number of hydrogen-bond acceptors (Lipinski definition) is 6. The molecule has 0 bridgehead atoms. The molecule has 5 N–H and O–H groups in total. The van der Waals surface area contributed by atoms with Gasteiger partial charge in [-0.2, -0.15) is 0 Å². The minimum atomic E-state index is -4.72. The van der Waals surface area contributed by atoms with E-state index in [2.05, 4.69) is 4.52 Å². The molecule has 11 heteroatoms. The smallest absolute Gasteiger partial charge is 0.394 e. The highest BCUT2D eigenvalue weighted by molar-refractivity contribution is 8.84. The summed E-state index contributed by atoms with van der Waals surface area (Å²) in [6.07, 6.45) is -1.37. The van der Waals surface area contributed by atoms with Crippen molar-refractivity contribution in [2.24, 2.45) is 0 Å². The Bertz CT molecular complexity index is 261. The summed E-state index contributed by atoms with van der Waals surface area (Å²) < 4.78 is 25.3. The van der Waals surface area contributed by atoms with Crippen molar-refractivity contribution >= 4 is 24.6 Å². The largest absolute Gasteiger partial charge is 0.397 e. The molecule has 0 radical (unpaired) electrons. The van der Waals surface area contributed by atoms with Crippen LogP contribution in [0.5, 0.6) is 0 Å². The zero-order valence-electron chi connectivity index (χ0n) is 6.76. The molecule has 0 aliphatic rings. The van der Waals surface area contributed by atoms with Crippen molar-refractivity contribution in [1.29, 1.82) is 0 Å². The van der Waals surface area contributed by atoms with Crippen LogP contribution in [0.2, 0.25) is 0 Å². The first-order valence-corrected chi connectivity index (χ1v) is 8.41. The highest BCUT2D eigenvalue weighted by Gasteiger charge is 2.32. The number of aliphatic hydroxyl groups is 2. The molecule has 0 aromatic heterocycles. The van der Waals surface area contributed by atoms with E-state index in [4.69, 9.17) is 24.9 Å². The van der Waals surface area contributed by atoms with Crippen LogP contribution in [0.3, 0.4) is 0 Å². The molecule has 2 atom stereocenters. The molecule has 0 fully saturated rings.